The van der Waals surface area contributed by atoms with Crippen molar-refractivity contribution >= 4 is 40.0 Å². The molecule has 0 aliphatic carbocycles. The molecule has 0 saturated heterocycles. The smallest absolute Gasteiger partial charge is 0.263 e. The normalized spacial score (nSPS) is 12.5. The maximum atomic E-state index is 12.7. The minimum absolute atomic E-state index is 0.235. The average molecular weight is 382 g/mol. The van der Waals surface area contributed by atoms with Crippen LogP contribution in [0.2, 0.25) is 0 Å². The summed E-state index contributed by atoms with van der Waals surface area (Å²) in [4.78, 5) is 12.7. The molecular weight excluding hydrogens is 359 g/mol. The second-order valence-electron chi connectivity index (χ2n) is 6.34. The van der Waals surface area contributed by atoms with Crippen LogP contribution in [-0.2, 0) is 4.79 Å². The maximum Gasteiger partial charge on any atom is 0.263 e. The predicted molar refractivity (Wildman–Crippen MR) is 115 cm³/mol. The van der Waals surface area contributed by atoms with Gasteiger partial charge < -0.3 is 0 Å². The van der Waals surface area contributed by atoms with Gasteiger partial charge in [-0.3, -0.25) is 4.79 Å². The highest BCUT2D eigenvalue weighted by Gasteiger charge is 2.54. The molecule has 0 amide bonds. The fourth-order valence-corrected chi connectivity index (χ4v) is 9.11. The molecule has 0 N–H and O–H groups in total. The fraction of sp³-hybridized carbons (Fsp3) is 0.174. The highest BCUT2D eigenvalue weighted by molar-refractivity contribution is 7.97. The van der Waals surface area contributed by atoms with Gasteiger partial charge in [0.15, 0.2) is 5.66 Å². The number of carbonyl (C=O) groups is 1. The van der Waals surface area contributed by atoms with Crippen LogP contribution < -0.4 is 15.9 Å². The zero-order valence-electron chi connectivity index (χ0n) is 14.9. The van der Waals surface area contributed by atoms with Crippen LogP contribution in [0, 0.1) is 0 Å². The number of benzene rings is 3. The third-order valence-corrected chi connectivity index (χ3v) is 9.96. The summed E-state index contributed by atoms with van der Waals surface area (Å²) in [6.07, 6.45) is 1.69. The van der Waals surface area contributed by atoms with E-state index in [1.54, 1.807) is 0 Å². The van der Waals surface area contributed by atoms with Crippen molar-refractivity contribution in [1.82, 2.24) is 0 Å². The molecule has 1 nitrogen and oxygen atoms in total. The van der Waals surface area contributed by atoms with E-state index in [2.05, 4.69) is 79.7 Å². The maximum absolute atomic E-state index is 12.7. The van der Waals surface area contributed by atoms with Crippen LogP contribution in [0.3, 0.4) is 0 Å². The first-order valence-electron chi connectivity index (χ1n) is 8.96. The molecule has 3 rings (SSSR count). The molecule has 3 aromatic carbocycles. The Hall–Kier alpha value is -1.95. The summed E-state index contributed by atoms with van der Waals surface area (Å²) in [5, 5.41) is 3.36. The van der Waals surface area contributed by atoms with Gasteiger partial charge >= 0.3 is 0 Å². The van der Waals surface area contributed by atoms with Crippen LogP contribution in [0.25, 0.3) is 0 Å². The first-order chi connectivity index (χ1) is 12.7. The molecule has 0 spiro atoms. The first kappa shape index (κ1) is 18.8. The Morgan fingerprint density at radius 2 is 1.12 bits per heavy atom. The van der Waals surface area contributed by atoms with E-state index in [1.807, 2.05) is 18.2 Å². The van der Waals surface area contributed by atoms with E-state index in [9.17, 15) is 4.79 Å². The molecule has 0 aliphatic rings. The molecule has 1 unspecified atom stereocenters. The van der Waals surface area contributed by atoms with E-state index in [0.717, 1.165) is 12.8 Å². The second-order valence-corrected chi connectivity index (χ2v) is 10.3. The Balaban J connectivity index is 2.40. The summed E-state index contributed by atoms with van der Waals surface area (Å²) in [5.74, 6) is 0. The van der Waals surface area contributed by atoms with Gasteiger partial charge in [-0.25, -0.2) is 0 Å². The molecule has 0 bridgehead atoms. The highest BCUT2D eigenvalue weighted by Crippen LogP contribution is 2.61. The zero-order chi connectivity index (χ0) is 18.4. The molecule has 0 radical (unpaired) electrons. The minimum atomic E-state index is -2.22. The van der Waals surface area contributed by atoms with Crippen molar-refractivity contribution in [1.29, 1.82) is 0 Å². The summed E-state index contributed by atoms with van der Waals surface area (Å²) in [6, 6.07) is 31.3. The largest absolute Gasteiger partial charge is 0.277 e. The van der Waals surface area contributed by atoms with Gasteiger partial charge in [-0.1, -0.05) is 67.9 Å². The van der Waals surface area contributed by atoms with Crippen LogP contribution >= 0.6 is 18.9 Å². The Morgan fingerprint density at radius 3 is 1.38 bits per heavy atom. The number of hydrogen-bond donors (Lipinski definition) is 0. The van der Waals surface area contributed by atoms with Crippen molar-refractivity contribution < 1.29 is 4.79 Å². The van der Waals surface area contributed by atoms with Crippen molar-refractivity contribution in [2.45, 2.75) is 25.4 Å². The molecule has 0 aromatic heterocycles. The molecule has 3 aromatic rings. The molecule has 0 heterocycles. The van der Waals surface area contributed by atoms with Crippen molar-refractivity contribution in [2.24, 2.45) is 0 Å². The van der Waals surface area contributed by atoms with E-state index in [0.29, 0.717) is 0 Å². The summed E-state index contributed by atoms with van der Waals surface area (Å²) in [7, 11) is -2.22. The molecule has 132 valence electrons. The Kier molecular flexibility index (Phi) is 6.25. The molecule has 0 aliphatic heterocycles. The highest BCUT2D eigenvalue weighted by atomic mass is 35.5. The van der Waals surface area contributed by atoms with Gasteiger partial charge in [-0.2, -0.15) is 0 Å². The van der Waals surface area contributed by atoms with E-state index in [-0.39, 0.29) is 10.9 Å². The van der Waals surface area contributed by atoms with Crippen LogP contribution in [0.5, 0.6) is 0 Å². The first-order valence-corrected chi connectivity index (χ1v) is 11.2. The van der Waals surface area contributed by atoms with E-state index >= 15 is 0 Å². The third kappa shape index (κ3) is 3.47. The summed E-state index contributed by atoms with van der Waals surface area (Å²) < 4.78 is 0. The van der Waals surface area contributed by atoms with Crippen LogP contribution in [0.1, 0.15) is 19.8 Å². The molecule has 0 fully saturated rings. The summed E-state index contributed by atoms with van der Waals surface area (Å²) in [6.45, 7) is 2.11. The molecular formula is C23H23ClOP+. The number of hydrogen-bond acceptors (Lipinski definition) is 1. The van der Waals surface area contributed by atoms with E-state index in [1.165, 1.54) is 15.9 Å². The number of carbonyl (C=O) groups excluding carboxylic acids is 1. The van der Waals surface area contributed by atoms with E-state index < -0.39 is 7.26 Å². The summed E-state index contributed by atoms with van der Waals surface area (Å²) >= 11 is 6.25. The number of rotatable bonds is 7. The lowest BCUT2D eigenvalue weighted by molar-refractivity contribution is -0.111. The third-order valence-electron chi connectivity index (χ3n) is 4.78. The lowest BCUT2D eigenvalue weighted by Gasteiger charge is -2.32. The zero-order valence-corrected chi connectivity index (χ0v) is 16.5. The minimum Gasteiger partial charge on any atom is -0.277 e. The average Bonchev–Trinajstić information content (AvgIpc) is 2.70. The van der Waals surface area contributed by atoms with Crippen LogP contribution in [-0.4, -0.2) is 10.9 Å². The molecule has 0 saturated carbocycles. The topological polar surface area (TPSA) is 17.1 Å². The lowest BCUT2D eigenvalue weighted by atomic mass is 10.3. The van der Waals surface area contributed by atoms with Gasteiger partial charge in [0.1, 0.15) is 23.2 Å². The van der Waals surface area contributed by atoms with Crippen molar-refractivity contribution in [3.05, 3.63) is 91.0 Å². The Labute approximate surface area is 161 Å². The molecule has 3 heteroatoms. The Morgan fingerprint density at radius 1 is 0.769 bits per heavy atom. The SMILES string of the molecule is CCCC(C(=O)Cl)[P+](c1ccccc1)(c1ccccc1)c1ccccc1. The monoisotopic (exact) mass is 381 g/mol. The van der Waals surface area contributed by atoms with Crippen molar-refractivity contribution in [2.75, 3.05) is 0 Å². The molecule has 26 heavy (non-hydrogen) atoms. The number of halogens is 1. The van der Waals surface area contributed by atoms with Gasteiger partial charge in [-0.15, -0.1) is 0 Å². The van der Waals surface area contributed by atoms with Crippen LogP contribution in [0.4, 0.5) is 0 Å². The van der Waals surface area contributed by atoms with Crippen LogP contribution in [0.15, 0.2) is 91.0 Å². The predicted octanol–water partition coefficient (Wildman–Crippen LogP) is 4.91. The van der Waals surface area contributed by atoms with Gasteiger partial charge in [0.05, 0.1) is 0 Å². The Bertz CT molecular complexity index is 737. The fourth-order valence-electron chi connectivity index (χ4n) is 3.71. The van der Waals surface area contributed by atoms with Crippen molar-refractivity contribution in [3.8, 4) is 0 Å². The molecule has 1 atom stereocenters. The van der Waals surface area contributed by atoms with Gasteiger partial charge in [0.2, 0.25) is 0 Å². The lowest BCUT2D eigenvalue weighted by Crippen LogP contribution is -2.41. The van der Waals surface area contributed by atoms with Gasteiger partial charge in [0.25, 0.3) is 5.24 Å². The van der Waals surface area contributed by atoms with Gasteiger partial charge in [-0.05, 0) is 54.4 Å². The standard InChI is InChI=1S/C23H23ClOP/c1-2-12-22(23(24)25)26(19-13-6-3-7-14-19,20-15-8-4-9-16-20)21-17-10-5-11-18-21/h3-11,13-18,22H,2,12H2,1H3/q+1. The van der Waals surface area contributed by atoms with E-state index in [4.69, 9.17) is 11.6 Å². The quantitative estimate of drug-likeness (QED) is 0.419. The summed E-state index contributed by atoms with van der Waals surface area (Å²) in [5.41, 5.74) is -0.235. The van der Waals surface area contributed by atoms with Gasteiger partial charge in [0, 0.05) is 0 Å². The second kappa shape index (κ2) is 8.62. The van der Waals surface area contributed by atoms with Crippen molar-refractivity contribution in [3.63, 3.8) is 0 Å².